The molecule has 102 valence electrons. The molecule has 0 saturated heterocycles. The summed E-state index contributed by atoms with van der Waals surface area (Å²) in [5.41, 5.74) is -0.534. The van der Waals surface area contributed by atoms with Gasteiger partial charge in [0.05, 0.1) is 6.61 Å². The minimum atomic E-state index is -0.534. The van der Waals surface area contributed by atoms with Gasteiger partial charge in [-0.25, -0.2) is 0 Å². The van der Waals surface area contributed by atoms with Crippen LogP contribution in [0.1, 0.15) is 47.5 Å². The first kappa shape index (κ1) is 16.8. The Bertz CT molecular complexity index is 221. The van der Waals surface area contributed by atoms with Crippen molar-refractivity contribution in [3.05, 3.63) is 0 Å². The van der Waals surface area contributed by atoms with E-state index in [-0.39, 0.29) is 5.97 Å². The number of thioether (sulfide) groups is 1. The number of carbonyl (C=O) groups is 1. The van der Waals surface area contributed by atoms with Gasteiger partial charge in [0.25, 0.3) is 0 Å². The number of hydrogen-bond acceptors (Lipinski definition) is 4. The summed E-state index contributed by atoms with van der Waals surface area (Å²) in [4.78, 5) is 12.0. The van der Waals surface area contributed by atoms with E-state index in [0.29, 0.717) is 11.9 Å². The molecule has 0 aliphatic rings. The Balaban J connectivity index is 4.32. The quantitative estimate of drug-likeness (QED) is 0.648. The molecule has 1 atom stereocenters. The molecule has 0 spiro atoms. The van der Waals surface area contributed by atoms with Crippen LogP contribution in [0.3, 0.4) is 0 Å². The van der Waals surface area contributed by atoms with Gasteiger partial charge in [0, 0.05) is 0 Å². The van der Waals surface area contributed by atoms with Gasteiger partial charge in [-0.3, -0.25) is 4.79 Å². The van der Waals surface area contributed by atoms with Gasteiger partial charge in [-0.1, -0.05) is 20.8 Å². The van der Waals surface area contributed by atoms with E-state index in [2.05, 4.69) is 26.1 Å². The molecular formula is C13H27NO2S. The average Bonchev–Trinajstić information content (AvgIpc) is 2.26. The molecule has 0 rings (SSSR count). The Labute approximate surface area is 110 Å². The standard InChI is InChI=1S/C13H27NO2S/c1-6-9-14-13(5,12(15)16-7-2)8-10-17-11(3)4/h11,14H,6-10H2,1-5H3. The predicted molar refractivity (Wildman–Crippen MR) is 75.5 cm³/mol. The van der Waals surface area contributed by atoms with Gasteiger partial charge in [0.2, 0.25) is 0 Å². The Kier molecular flexibility index (Phi) is 8.70. The smallest absolute Gasteiger partial charge is 0.326 e. The summed E-state index contributed by atoms with van der Waals surface area (Å²) in [6.45, 7) is 11.5. The highest BCUT2D eigenvalue weighted by Crippen LogP contribution is 2.19. The van der Waals surface area contributed by atoms with E-state index in [1.165, 1.54) is 0 Å². The monoisotopic (exact) mass is 261 g/mol. The molecule has 0 saturated carbocycles. The van der Waals surface area contributed by atoms with Crippen molar-refractivity contribution in [2.45, 2.75) is 58.2 Å². The van der Waals surface area contributed by atoms with Gasteiger partial charge in [0.15, 0.2) is 0 Å². The maximum absolute atomic E-state index is 12.0. The summed E-state index contributed by atoms with van der Waals surface area (Å²) in [6.07, 6.45) is 1.83. The molecule has 17 heavy (non-hydrogen) atoms. The molecule has 0 bridgehead atoms. The summed E-state index contributed by atoms with van der Waals surface area (Å²) >= 11 is 1.88. The number of rotatable bonds is 9. The largest absolute Gasteiger partial charge is 0.465 e. The maximum Gasteiger partial charge on any atom is 0.326 e. The second-order valence-electron chi connectivity index (χ2n) is 4.65. The lowest BCUT2D eigenvalue weighted by Crippen LogP contribution is -2.51. The third kappa shape index (κ3) is 6.94. The number of nitrogens with one attached hydrogen (secondary N) is 1. The molecule has 0 amide bonds. The highest BCUT2D eigenvalue weighted by Gasteiger charge is 2.33. The van der Waals surface area contributed by atoms with Crippen LogP contribution in [0.15, 0.2) is 0 Å². The van der Waals surface area contributed by atoms with E-state index >= 15 is 0 Å². The van der Waals surface area contributed by atoms with Gasteiger partial charge in [0.1, 0.15) is 5.54 Å². The van der Waals surface area contributed by atoms with E-state index in [4.69, 9.17) is 4.74 Å². The highest BCUT2D eigenvalue weighted by molar-refractivity contribution is 7.99. The average molecular weight is 261 g/mol. The van der Waals surface area contributed by atoms with Crippen LogP contribution in [-0.2, 0) is 9.53 Å². The van der Waals surface area contributed by atoms with Gasteiger partial charge in [-0.15, -0.1) is 0 Å². The lowest BCUT2D eigenvalue weighted by molar-refractivity contribution is -0.150. The Hall–Kier alpha value is -0.220. The van der Waals surface area contributed by atoms with Crippen LogP contribution in [0.2, 0.25) is 0 Å². The van der Waals surface area contributed by atoms with Crippen molar-refractivity contribution in [3.8, 4) is 0 Å². The van der Waals surface area contributed by atoms with Crippen molar-refractivity contribution in [3.63, 3.8) is 0 Å². The lowest BCUT2D eigenvalue weighted by Gasteiger charge is -2.28. The number of esters is 1. The third-order valence-electron chi connectivity index (χ3n) is 2.54. The zero-order valence-electron chi connectivity index (χ0n) is 11.8. The highest BCUT2D eigenvalue weighted by atomic mass is 32.2. The normalized spacial score (nSPS) is 14.7. The van der Waals surface area contributed by atoms with E-state index < -0.39 is 5.54 Å². The van der Waals surface area contributed by atoms with E-state index in [1.54, 1.807) is 0 Å². The fourth-order valence-corrected chi connectivity index (χ4v) is 2.45. The molecule has 0 aliphatic carbocycles. The van der Waals surface area contributed by atoms with Crippen LogP contribution in [0.5, 0.6) is 0 Å². The van der Waals surface area contributed by atoms with Gasteiger partial charge < -0.3 is 10.1 Å². The first-order valence-electron chi connectivity index (χ1n) is 6.50. The minimum Gasteiger partial charge on any atom is -0.465 e. The minimum absolute atomic E-state index is 0.127. The first-order valence-corrected chi connectivity index (χ1v) is 7.55. The Morgan fingerprint density at radius 1 is 1.41 bits per heavy atom. The van der Waals surface area contributed by atoms with Crippen LogP contribution < -0.4 is 5.32 Å². The molecule has 1 unspecified atom stereocenters. The second kappa shape index (κ2) is 8.81. The number of hydrogen-bond donors (Lipinski definition) is 1. The van der Waals surface area contributed by atoms with Gasteiger partial charge in [-0.2, -0.15) is 11.8 Å². The SMILES string of the molecule is CCCNC(C)(CCSC(C)C)C(=O)OCC. The van der Waals surface area contributed by atoms with Crippen molar-refractivity contribution in [2.75, 3.05) is 18.9 Å². The van der Waals surface area contributed by atoms with E-state index in [1.807, 2.05) is 25.6 Å². The van der Waals surface area contributed by atoms with Crippen molar-refractivity contribution >= 4 is 17.7 Å². The Morgan fingerprint density at radius 2 is 2.06 bits per heavy atom. The van der Waals surface area contributed by atoms with Crippen LogP contribution in [0.4, 0.5) is 0 Å². The molecule has 1 N–H and O–H groups in total. The van der Waals surface area contributed by atoms with Crippen molar-refractivity contribution in [1.82, 2.24) is 5.32 Å². The molecule has 3 nitrogen and oxygen atoms in total. The van der Waals surface area contributed by atoms with Gasteiger partial charge >= 0.3 is 5.97 Å². The van der Waals surface area contributed by atoms with E-state index in [9.17, 15) is 4.79 Å². The summed E-state index contributed by atoms with van der Waals surface area (Å²) < 4.78 is 5.15. The van der Waals surface area contributed by atoms with Crippen molar-refractivity contribution < 1.29 is 9.53 Å². The van der Waals surface area contributed by atoms with Crippen LogP contribution in [-0.4, -0.2) is 35.7 Å². The topological polar surface area (TPSA) is 38.3 Å². The van der Waals surface area contributed by atoms with E-state index in [0.717, 1.165) is 25.1 Å². The summed E-state index contributed by atoms with van der Waals surface area (Å²) in [5.74, 6) is 0.849. The first-order chi connectivity index (χ1) is 7.96. The summed E-state index contributed by atoms with van der Waals surface area (Å²) in [7, 11) is 0. The number of carbonyl (C=O) groups excluding carboxylic acids is 1. The van der Waals surface area contributed by atoms with Crippen molar-refractivity contribution in [2.24, 2.45) is 0 Å². The molecule has 0 aromatic heterocycles. The van der Waals surface area contributed by atoms with Crippen molar-refractivity contribution in [1.29, 1.82) is 0 Å². The number of ether oxygens (including phenoxy) is 1. The fraction of sp³-hybridized carbons (Fsp3) is 0.923. The molecule has 4 heteroatoms. The molecular weight excluding hydrogens is 234 g/mol. The Morgan fingerprint density at radius 3 is 2.53 bits per heavy atom. The van der Waals surface area contributed by atoms with Gasteiger partial charge in [-0.05, 0) is 44.2 Å². The summed E-state index contributed by atoms with van der Waals surface area (Å²) in [5, 5.41) is 3.92. The molecule has 0 aromatic carbocycles. The lowest BCUT2D eigenvalue weighted by atomic mass is 9.99. The molecule has 0 aromatic rings. The predicted octanol–water partition coefficient (Wildman–Crippen LogP) is 2.84. The molecule has 0 aliphatic heterocycles. The summed E-state index contributed by atoms with van der Waals surface area (Å²) in [6, 6.07) is 0. The maximum atomic E-state index is 12.0. The van der Waals surface area contributed by atoms with Crippen LogP contribution >= 0.6 is 11.8 Å². The zero-order valence-corrected chi connectivity index (χ0v) is 12.7. The fourth-order valence-electron chi connectivity index (χ4n) is 1.45. The molecule has 0 heterocycles. The second-order valence-corrected chi connectivity index (χ2v) is 6.33. The molecule has 0 radical (unpaired) electrons. The molecule has 0 fully saturated rings. The third-order valence-corrected chi connectivity index (χ3v) is 3.65. The zero-order chi connectivity index (χ0) is 13.3. The van der Waals surface area contributed by atoms with Crippen LogP contribution in [0.25, 0.3) is 0 Å². The van der Waals surface area contributed by atoms with Crippen LogP contribution in [0, 0.1) is 0 Å².